The van der Waals surface area contributed by atoms with Gasteiger partial charge in [-0.2, -0.15) is 0 Å². The lowest BCUT2D eigenvalue weighted by Crippen LogP contribution is -2.09. The molecule has 0 atom stereocenters. The van der Waals surface area contributed by atoms with Crippen LogP contribution in [0.4, 0.5) is 0 Å². The topological polar surface area (TPSA) is 57.5 Å². The first-order chi connectivity index (χ1) is 11.1. The van der Waals surface area contributed by atoms with E-state index in [1.165, 1.54) is 7.11 Å². The summed E-state index contributed by atoms with van der Waals surface area (Å²) < 4.78 is 12.6. The standard InChI is InChI=1S/C18H19NO4/c1-10-16(18(21)22-2)14-9-13(23-17(20)11-3-4-11)7-8-15(14)19(10)12-5-6-12/h7-9,11-12H,3-6H2,1-2H3. The van der Waals surface area contributed by atoms with Crippen LogP contribution in [0.15, 0.2) is 18.2 Å². The molecule has 23 heavy (non-hydrogen) atoms. The van der Waals surface area contributed by atoms with E-state index < -0.39 is 0 Å². The van der Waals surface area contributed by atoms with E-state index >= 15 is 0 Å². The lowest BCUT2D eigenvalue weighted by molar-refractivity contribution is -0.135. The summed E-state index contributed by atoms with van der Waals surface area (Å²) in [4.78, 5) is 24.1. The Hall–Kier alpha value is -2.30. The highest BCUT2D eigenvalue weighted by Gasteiger charge is 2.33. The number of rotatable bonds is 4. The van der Waals surface area contributed by atoms with E-state index in [4.69, 9.17) is 9.47 Å². The van der Waals surface area contributed by atoms with Gasteiger partial charge in [-0.3, -0.25) is 4.79 Å². The van der Waals surface area contributed by atoms with Crippen molar-refractivity contribution < 1.29 is 19.1 Å². The number of esters is 2. The molecule has 0 radical (unpaired) electrons. The maximum absolute atomic E-state index is 12.2. The van der Waals surface area contributed by atoms with Gasteiger partial charge in [-0.15, -0.1) is 0 Å². The second kappa shape index (κ2) is 5.11. The summed E-state index contributed by atoms with van der Waals surface area (Å²) in [5.41, 5.74) is 2.48. The van der Waals surface area contributed by atoms with Crippen LogP contribution >= 0.6 is 0 Å². The number of carbonyl (C=O) groups excluding carboxylic acids is 2. The number of aromatic nitrogens is 1. The fraction of sp³-hybridized carbons (Fsp3) is 0.444. The lowest BCUT2D eigenvalue weighted by Gasteiger charge is -2.07. The lowest BCUT2D eigenvalue weighted by atomic mass is 10.1. The van der Waals surface area contributed by atoms with Gasteiger partial charge in [0.15, 0.2) is 0 Å². The SMILES string of the molecule is COC(=O)c1c(C)n(C2CC2)c2ccc(OC(=O)C3CC3)cc12. The summed E-state index contributed by atoms with van der Waals surface area (Å²) in [6.07, 6.45) is 4.07. The zero-order valence-corrected chi connectivity index (χ0v) is 13.3. The zero-order valence-electron chi connectivity index (χ0n) is 13.3. The molecule has 0 spiro atoms. The molecule has 1 heterocycles. The quantitative estimate of drug-likeness (QED) is 0.641. The van der Waals surface area contributed by atoms with Crippen molar-refractivity contribution in [3.63, 3.8) is 0 Å². The van der Waals surface area contributed by atoms with Gasteiger partial charge in [0.2, 0.25) is 0 Å². The smallest absolute Gasteiger partial charge is 0.340 e. The molecule has 0 aliphatic heterocycles. The molecule has 0 bridgehead atoms. The van der Waals surface area contributed by atoms with Gasteiger partial charge in [0.25, 0.3) is 0 Å². The van der Waals surface area contributed by atoms with E-state index in [0.29, 0.717) is 17.4 Å². The Bertz CT molecular complexity index is 812. The van der Waals surface area contributed by atoms with Gasteiger partial charge in [-0.1, -0.05) is 0 Å². The van der Waals surface area contributed by atoms with E-state index in [0.717, 1.165) is 42.3 Å². The summed E-state index contributed by atoms with van der Waals surface area (Å²) in [7, 11) is 1.39. The van der Waals surface area contributed by atoms with Crippen LogP contribution in [0.25, 0.3) is 10.9 Å². The van der Waals surface area contributed by atoms with Gasteiger partial charge in [0, 0.05) is 22.6 Å². The van der Waals surface area contributed by atoms with Crippen LogP contribution in [0.3, 0.4) is 0 Å². The molecule has 4 rings (SSSR count). The Morgan fingerprint density at radius 1 is 1.17 bits per heavy atom. The molecule has 0 amide bonds. The van der Waals surface area contributed by atoms with Crippen molar-refractivity contribution >= 4 is 22.8 Å². The van der Waals surface area contributed by atoms with Crippen molar-refractivity contribution in [1.29, 1.82) is 0 Å². The predicted molar refractivity (Wildman–Crippen MR) is 84.6 cm³/mol. The number of carbonyl (C=O) groups is 2. The van der Waals surface area contributed by atoms with Gasteiger partial charge in [0.05, 0.1) is 18.6 Å². The van der Waals surface area contributed by atoms with E-state index in [9.17, 15) is 9.59 Å². The summed E-state index contributed by atoms with van der Waals surface area (Å²) in [6, 6.07) is 5.98. The summed E-state index contributed by atoms with van der Waals surface area (Å²) in [6.45, 7) is 1.94. The highest BCUT2D eigenvalue weighted by molar-refractivity contribution is 6.06. The second-order valence-electron chi connectivity index (χ2n) is 6.43. The van der Waals surface area contributed by atoms with Gasteiger partial charge < -0.3 is 14.0 Å². The Kier molecular flexibility index (Phi) is 3.18. The Balaban J connectivity index is 1.81. The molecular formula is C18H19NO4. The molecule has 1 aromatic heterocycles. The highest BCUT2D eigenvalue weighted by atomic mass is 16.5. The van der Waals surface area contributed by atoms with Crippen molar-refractivity contribution in [2.75, 3.05) is 7.11 Å². The summed E-state index contributed by atoms with van der Waals surface area (Å²) in [5, 5.41) is 0.794. The Morgan fingerprint density at radius 2 is 1.91 bits per heavy atom. The molecule has 2 aliphatic rings. The average Bonchev–Trinajstić information content (AvgIpc) is 3.43. The molecule has 1 aromatic carbocycles. The largest absolute Gasteiger partial charge is 0.465 e. The molecule has 0 saturated heterocycles. The highest BCUT2D eigenvalue weighted by Crippen LogP contribution is 2.42. The van der Waals surface area contributed by atoms with Crippen molar-refractivity contribution in [2.45, 2.75) is 38.6 Å². The Morgan fingerprint density at radius 3 is 2.52 bits per heavy atom. The fourth-order valence-corrected chi connectivity index (χ4v) is 3.17. The summed E-state index contributed by atoms with van der Waals surface area (Å²) in [5.74, 6) is 0.0101. The summed E-state index contributed by atoms with van der Waals surface area (Å²) >= 11 is 0. The zero-order chi connectivity index (χ0) is 16.1. The molecule has 0 N–H and O–H groups in total. The van der Waals surface area contributed by atoms with Gasteiger partial charge >= 0.3 is 11.9 Å². The number of fused-ring (bicyclic) bond motifs is 1. The maximum atomic E-state index is 12.2. The fourth-order valence-electron chi connectivity index (χ4n) is 3.17. The van der Waals surface area contributed by atoms with Crippen LogP contribution in [0.1, 0.15) is 47.8 Å². The molecule has 2 fully saturated rings. The molecule has 2 aromatic rings. The van der Waals surface area contributed by atoms with Crippen LogP contribution in [-0.4, -0.2) is 23.6 Å². The van der Waals surface area contributed by atoms with Gasteiger partial charge in [-0.25, -0.2) is 4.79 Å². The predicted octanol–water partition coefficient (Wildman–Crippen LogP) is 3.39. The molecule has 5 heteroatoms. The van der Waals surface area contributed by atoms with Gasteiger partial charge in [-0.05, 0) is 50.8 Å². The van der Waals surface area contributed by atoms with Crippen LogP contribution in [0, 0.1) is 12.8 Å². The molecule has 0 unspecified atom stereocenters. The van der Waals surface area contributed by atoms with E-state index in [2.05, 4.69) is 4.57 Å². The molecule has 120 valence electrons. The number of nitrogens with zero attached hydrogens (tertiary/aromatic N) is 1. The van der Waals surface area contributed by atoms with Crippen LogP contribution in [0.2, 0.25) is 0 Å². The molecule has 2 saturated carbocycles. The normalized spacial score (nSPS) is 17.3. The first-order valence-corrected chi connectivity index (χ1v) is 8.04. The molecular weight excluding hydrogens is 294 g/mol. The van der Waals surface area contributed by atoms with Crippen molar-refractivity contribution in [3.8, 4) is 5.75 Å². The first-order valence-electron chi connectivity index (χ1n) is 8.04. The average molecular weight is 313 g/mol. The minimum atomic E-state index is -0.349. The van der Waals surface area contributed by atoms with E-state index in [1.807, 2.05) is 19.1 Å². The van der Waals surface area contributed by atoms with Crippen molar-refractivity contribution in [3.05, 3.63) is 29.5 Å². The minimum Gasteiger partial charge on any atom is -0.465 e. The van der Waals surface area contributed by atoms with E-state index in [1.54, 1.807) is 6.07 Å². The third-order valence-electron chi connectivity index (χ3n) is 4.65. The maximum Gasteiger partial charge on any atom is 0.340 e. The second-order valence-corrected chi connectivity index (χ2v) is 6.43. The third kappa shape index (κ3) is 2.40. The number of ether oxygens (including phenoxy) is 2. The molecule has 5 nitrogen and oxygen atoms in total. The Labute approximate surface area is 134 Å². The third-order valence-corrected chi connectivity index (χ3v) is 4.65. The minimum absolute atomic E-state index is 0.0450. The number of methoxy groups -OCH3 is 1. The number of benzene rings is 1. The first kappa shape index (κ1) is 14.3. The van der Waals surface area contributed by atoms with Crippen molar-refractivity contribution in [2.24, 2.45) is 5.92 Å². The number of hydrogen-bond donors (Lipinski definition) is 0. The van der Waals surface area contributed by atoms with E-state index in [-0.39, 0.29) is 17.9 Å². The van der Waals surface area contributed by atoms with Crippen molar-refractivity contribution in [1.82, 2.24) is 4.57 Å². The van der Waals surface area contributed by atoms with Crippen LogP contribution < -0.4 is 4.74 Å². The monoisotopic (exact) mass is 313 g/mol. The van der Waals surface area contributed by atoms with Crippen LogP contribution in [0.5, 0.6) is 5.75 Å². The van der Waals surface area contributed by atoms with Crippen LogP contribution in [-0.2, 0) is 9.53 Å². The van der Waals surface area contributed by atoms with Gasteiger partial charge in [0.1, 0.15) is 5.75 Å². The number of hydrogen-bond acceptors (Lipinski definition) is 4. The molecule has 2 aliphatic carbocycles.